The Balaban J connectivity index is 1.87. The van der Waals surface area contributed by atoms with Crippen LogP contribution in [0.2, 0.25) is 25.1 Å². The van der Waals surface area contributed by atoms with E-state index in [9.17, 15) is 13.2 Å². The van der Waals surface area contributed by atoms with Crippen molar-refractivity contribution in [3.8, 4) is 0 Å². The molecule has 0 spiro atoms. The van der Waals surface area contributed by atoms with Crippen LogP contribution in [0.1, 0.15) is 16.8 Å². The molecule has 0 saturated heterocycles. The number of hydrogen-bond acceptors (Lipinski definition) is 4. The highest BCUT2D eigenvalue weighted by Crippen LogP contribution is 2.33. The van der Waals surface area contributed by atoms with Crippen molar-refractivity contribution in [2.24, 2.45) is 4.99 Å². The second-order valence-electron chi connectivity index (χ2n) is 6.65. The second kappa shape index (κ2) is 11.6. The number of allylic oxidation sites excluding steroid dienone is 1. The molecule has 0 saturated carbocycles. The van der Waals surface area contributed by atoms with Gasteiger partial charge in [-0.15, -0.1) is 0 Å². The molecule has 0 aliphatic heterocycles. The van der Waals surface area contributed by atoms with Gasteiger partial charge in [-0.05, 0) is 42.0 Å². The van der Waals surface area contributed by atoms with Gasteiger partial charge in [0, 0.05) is 39.3 Å². The fourth-order valence-corrected chi connectivity index (χ4v) is 3.76. The van der Waals surface area contributed by atoms with Gasteiger partial charge < -0.3 is 0 Å². The maximum atomic E-state index is 13.0. The maximum absolute atomic E-state index is 13.0. The molecule has 0 fully saturated rings. The third-order valence-electron chi connectivity index (χ3n) is 4.23. The van der Waals surface area contributed by atoms with Crippen molar-refractivity contribution in [2.45, 2.75) is 12.8 Å². The minimum absolute atomic E-state index is 0.0316. The Morgan fingerprint density at radius 1 is 0.941 bits per heavy atom. The van der Waals surface area contributed by atoms with Crippen LogP contribution >= 0.6 is 58.0 Å². The van der Waals surface area contributed by atoms with Crippen molar-refractivity contribution >= 4 is 75.5 Å². The van der Waals surface area contributed by atoms with Gasteiger partial charge >= 0.3 is 6.18 Å². The number of nitrogens with zero attached hydrogens (tertiary/aromatic N) is 2. The number of aliphatic imine (C=N–C) groups is 1. The molecular weight excluding hydrogens is 557 g/mol. The highest BCUT2D eigenvalue weighted by Gasteiger charge is 2.31. The van der Waals surface area contributed by atoms with Crippen molar-refractivity contribution in [3.05, 3.63) is 96.8 Å². The van der Waals surface area contributed by atoms with E-state index in [-0.39, 0.29) is 27.9 Å². The van der Waals surface area contributed by atoms with Gasteiger partial charge in [-0.2, -0.15) is 13.2 Å². The summed E-state index contributed by atoms with van der Waals surface area (Å²) >= 11 is 30.1. The molecule has 3 aromatic rings. The van der Waals surface area contributed by atoms with E-state index in [1.54, 1.807) is 30.3 Å². The van der Waals surface area contributed by atoms with Crippen molar-refractivity contribution in [1.29, 1.82) is 0 Å². The molecule has 3 rings (SSSR count). The largest absolute Gasteiger partial charge is 0.417 e. The van der Waals surface area contributed by atoms with Crippen LogP contribution < -0.4 is 5.48 Å². The fourth-order valence-electron chi connectivity index (χ4n) is 2.56. The lowest BCUT2D eigenvalue weighted by Gasteiger charge is -2.11. The number of benzene rings is 2. The van der Waals surface area contributed by atoms with Gasteiger partial charge in [-0.1, -0.05) is 64.1 Å². The molecule has 0 radical (unpaired) electrons. The molecular formula is C22H13Cl5F3N3O. The topological polar surface area (TPSA) is 46.5 Å². The number of rotatable bonds is 7. The van der Waals surface area contributed by atoms with Crippen molar-refractivity contribution in [3.63, 3.8) is 0 Å². The Morgan fingerprint density at radius 2 is 1.62 bits per heavy atom. The first-order valence-electron chi connectivity index (χ1n) is 9.28. The third kappa shape index (κ3) is 7.25. The zero-order valence-corrected chi connectivity index (χ0v) is 20.6. The summed E-state index contributed by atoms with van der Waals surface area (Å²) in [5, 5.41) is 1.34. The fraction of sp³-hybridized carbons (Fsp3) is 0.0909. The van der Waals surface area contributed by atoms with E-state index in [4.69, 9.17) is 62.8 Å². The second-order valence-corrected chi connectivity index (χ2v) is 8.74. The molecule has 1 N–H and O–H groups in total. The summed E-state index contributed by atoms with van der Waals surface area (Å²) in [4.78, 5) is 13.5. The third-order valence-corrected chi connectivity index (χ3v) is 5.65. The zero-order valence-electron chi connectivity index (χ0n) is 16.8. The first-order chi connectivity index (χ1) is 16.0. The standard InChI is InChI=1S/C22H13Cl5F3N3O/c23-15-2-1-12(17(25)6-15)11-34-33-9-13(8-31-20-4-3-16(24)7-18(20)26)21-19(27)5-14(10-32-21)22(28,29)30/h1-10,33H,11H2. The number of halogens is 8. The lowest BCUT2D eigenvalue weighted by molar-refractivity contribution is -0.137. The Kier molecular flexibility index (Phi) is 9.09. The summed E-state index contributed by atoms with van der Waals surface area (Å²) in [6.07, 6.45) is -1.27. The number of hydrogen-bond donors (Lipinski definition) is 1. The minimum atomic E-state index is -4.59. The molecule has 178 valence electrons. The molecule has 2 aromatic carbocycles. The van der Waals surface area contributed by atoms with Gasteiger partial charge in [0.15, 0.2) is 0 Å². The number of alkyl halides is 3. The Bertz CT molecular complexity index is 1250. The summed E-state index contributed by atoms with van der Waals surface area (Å²) in [6.45, 7) is 0.0636. The van der Waals surface area contributed by atoms with Crippen LogP contribution in [0.5, 0.6) is 0 Å². The first kappa shape index (κ1) is 26.6. The number of hydroxylamine groups is 1. The summed E-state index contributed by atoms with van der Waals surface area (Å²) in [6, 6.07) is 10.3. The van der Waals surface area contributed by atoms with Crippen LogP contribution in [-0.2, 0) is 17.6 Å². The van der Waals surface area contributed by atoms with Gasteiger partial charge in [0.05, 0.1) is 27.0 Å². The van der Waals surface area contributed by atoms with E-state index in [2.05, 4.69) is 15.5 Å². The average molecular weight is 570 g/mol. The highest BCUT2D eigenvalue weighted by molar-refractivity contribution is 6.36. The zero-order chi connectivity index (χ0) is 24.9. The van der Waals surface area contributed by atoms with E-state index < -0.39 is 11.7 Å². The lowest BCUT2D eigenvalue weighted by Crippen LogP contribution is -2.10. The van der Waals surface area contributed by atoms with E-state index in [1.807, 2.05) is 0 Å². The summed E-state index contributed by atoms with van der Waals surface area (Å²) in [7, 11) is 0. The predicted molar refractivity (Wildman–Crippen MR) is 131 cm³/mol. The number of pyridine rings is 1. The quantitative estimate of drug-likeness (QED) is 0.176. The molecule has 12 heteroatoms. The van der Waals surface area contributed by atoms with Gasteiger partial charge in [-0.3, -0.25) is 20.3 Å². The molecule has 1 aromatic heterocycles. The van der Waals surface area contributed by atoms with Crippen LogP contribution in [0.15, 0.2) is 59.9 Å². The minimum Gasteiger partial charge on any atom is -0.273 e. The van der Waals surface area contributed by atoms with E-state index in [1.165, 1.54) is 18.5 Å². The van der Waals surface area contributed by atoms with E-state index in [0.717, 1.165) is 6.07 Å². The summed E-state index contributed by atoms with van der Waals surface area (Å²) in [5.74, 6) is 0. The van der Waals surface area contributed by atoms with Crippen LogP contribution in [0.3, 0.4) is 0 Å². The lowest BCUT2D eigenvalue weighted by atomic mass is 10.1. The average Bonchev–Trinajstić information content (AvgIpc) is 2.75. The maximum Gasteiger partial charge on any atom is 0.417 e. The molecule has 0 amide bonds. The van der Waals surface area contributed by atoms with Crippen LogP contribution in [-0.4, -0.2) is 11.2 Å². The molecule has 0 atom stereocenters. The molecule has 0 unspecified atom stereocenters. The SMILES string of the molecule is FC(F)(F)c1cnc(C(C=Nc2ccc(Cl)cc2Cl)=CNOCc2ccc(Cl)cc2Cl)c(Cl)c1. The van der Waals surface area contributed by atoms with Crippen LogP contribution in [0.4, 0.5) is 18.9 Å². The molecule has 4 nitrogen and oxygen atoms in total. The van der Waals surface area contributed by atoms with Crippen molar-refractivity contribution in [1.82, 2.24) is 10.5 Å². The monoisotopic (exact) mass is 567 g/mol. The van der Waals surface area contributed by atoms with Gasteiger partial charge in [0.25, 0.3) is 0 Å². The Morgan fingerprint density at radius 3 is 2.24 bits per heavy atom. The number of aromatic nitrogens is 1. The van der Waals surface area contributed by atoms with Crippen LogP contribution in [0, 0.1) is 0 Å². The van der Waals surface area contributed by atoms with E-state index in [0.29, 0.717) is 32.5 Å². The first-order valence-corrected chi connectivity index (χ1v) is 11.2. The van der Waals surface area contributed by atoms with Gasteiger partial charge in [-0.25, -0.2) is 0 Å². The normalized spacial score (nSPS) is 12.4. The van der Waals surface area contributed by atoms with Crippen LogP contribution in [0.25, 0.3) is 5.57 Å². The smallest absolute Gasteiger partial charge is 0.273 e. The molecule has 1 heterocycles. The van der Waals surface area contributed by atoms with Gasteiger partial charge in [0.1, 0.15) is 6.61 Å². The number of nitrogens with one attached hydrogen (secondary N) is 1. The summed E-state index contributed by atoms with van der Waals surface area (Å²) in [5.41, 5.74) is 2.87. The summed E-state index contributed by atoms with van der Waals surface area (Å²) < 4.78 is 39.0. The van der Waals surface area contributed by atoms with E-state index >= 15 is 0 Å². The Hall–Kier alpha value is -2.00. The molecule has 0 aliphatic rings. The van der Waals surface area contributed by atoms with Crippen molar-refractivity contribution in [2.75, 3.05) is 0 Å². The molecule has 34 heavy (non-hydrogen) atoms. The van der Waals surface area contributed by atoms with Gasteiger partial charge in [0.2, 0.25) is 0 Å². The highest BCUT2D eigenvalue weighted by atomic mass is 35.5. The van der Waals surface area contributed by atoms with Crippen molar-refractivity contribution < 1.29 is 18.0 Å². The molecule has 0 bridgehead atoms. The predicted octanol–water partition coefficient (Wildman–Crippen LogP) is 8.83. The Labute approximate surface area is 217 Å². The molecule has 0 aliphatic carbocycles.